The van der Waals surface area contributed by atoms with Crippen molar-refractivity contribution in [1.82, 2.24) is 10.2 Å². The normalized spacial score (nSPS) is 15.7. The highest BCUT2D eigenvalue weighted by atomic mass is 16.5. The molecular formula is C14H28N2O3. The topological polar surface area (TPSA) is 58.6 Å². The SMILES string of the molecule is CCC(C)(CC(C)C(=O)NC)C(=O)OCCN(C)C. The average Bonchev–Trinajstić information content (AvgIpc) is 2.36. The van der Waals surface area contributed by atoms with Crippen molar-refractivity contribution in [3.05, 3.63) is 0 Å². The fourth-order valence-corrected chi connectivity index (χ4v) is 1.88. The molecule has 0 aliphatic rings. The number of hydrogen-bond acceptors (Lipinski definition) is 4. The number of carbonyl (C=O) groups excluding carboxylic acids is 2. The first-order valence-electron chi connectivity index (χ1n) is 6.80. The molecule has 112 valence electrons. The van der Waals surface area contributed by atoms with E-state index in [1.54, 1.807) is 7.05 Å². The van der Waals surface area contributed by atoms with Crippen LogP contribution in [0.5, 0.6) is 0 Å². The van der Waals surface area contributed by atoms with Gasteiger partial charge < -0.3 is 15.0 Å². The van der Waals surface area contributed by atoms with Crippen LogP contribution in [0.1, 0.15) is 33.6 Å². The predicted octanol–water partition coefficient (Wildman–Crippen LogP) is 1.28. The Morgan fingerprint density at radius 1 is 1.37 bits per heavy atom. The Labute approximate surface area is 116 Å². The van der Waals surface area contributed by atoms with Crippen LogP contribution in [0.3, 0.4) is 0 Å². The molecule has 0 aromatic heterocycles. The molecule has 0 aliphatic heterocycles. The van der Waals surface area contributed by atoms with Crippen LogP contribution in [0.4, 0.5) is 0 Å². The van der Waals surface area contributed by atoms with Gasteiger partial charge in [0.05, 0.1) is 5.41 Å². The second kappa shape index (κ2) is 8.15. The van der Waals surface area contributed by atoms with Crippen molar-refractivity contribution in [3.63, 3.8) is 0 Å². The zero-order valence-electron chi connectivity index (χ0n) is 13.1. The van der Waals surface area contributed by atoms with Crippen LogP contribution >= 0.6 is 0 Å². The van der Waals surface area contributed by atoms with Crippen LogP contribution < -0.4 is 5.32 Å². The summed E-state index contributed by atoms with van der Waals surface area (Å²) >= 11 is 0. The molecular weight excluding hydrogens is 244 g/mol. The lowest BCUT2D eigenvalue weighted by Crippen LogP contribution is -2.36. The van der Waals surface area contributed by atoms with Crippen LogP contribution in [0.25, 0.3) is 0 Å². The molecule has 2 unspecified atom stereocenters. The number of nitrogens with one attached hydrogen (secondary N) is 1. The number of rotatable bonds is 8. The molecule has 1 amide bonds. The molecule has 0 fully saturated rings. The molecule has 5 heteroatoms. The average molecular weight is 272 g/mol. The molecule has 0 bridgehead atoms. The lowest BCUT2D eigenvalue weighted by molar-refractivity contribution is -0.156. The molecule has 0 aromatic carbocycles. The van der Waals surface area contributed by atoms with Crippen molar-refractivity contribution in [2.45, 2.75) is 33.6 Å². The highest BCUT2D eigenvalue weighted by Crippen LogP contribution is 2.31. The van der Waals surface area contributed by atoms with Gasteiger partial charge in [-0.05, 0) is 33.9 Å². The molecule has 0 aromatic rings. The largest absolute Gasteiger partial charge is 0.464 e. The van der Waals surface area contributed by atoms with Crippen LogP contribution in [0.15, 0.2) is 0 Å². The van der Waals surface area contributed by atoms with Gasteiger partial charge in [0, 0.05) is 19.5 Å². The van der Waals surface area contributed by atoms with Gasteiger partial charge in [0.15, 0.2) is 0 Å². The molecule has 0 aliphatic carbocycles. The molecule has 19 heavy (non-hydrogen) atoms. The van der Waals surface area contributed by atoms with Crippen molar-refractivity contribution >= 4 is 11.9 Å². The minimum Gasteiger partial charge on any atom is -0.464 e. The van der Waals surface area contributed by atoms with E-state index in [0.717, 1.165) is 0 Å². The van der Waals surface area contributed by atoms with Gasteiger partial charge in [-0.15, -0.1) is 0 Å². The first-order chi connectivity index (χ1) is 8.76. The van der Waals surface area contributed by atoms with E-state index in [2.05, 4.69) is 5.32 Å². The van der Waals surface area contributed by atoms with Crippen molar-refractivity contribution < 1.29 is 14.3 Å². The fraction of sp³-hybridized carbons (Fsp3) is 0.857. The minimum atomic E-state index is -0.599. The zero-order chi connectivity index (χ0) is 15.1. The van der Waals surface area contributed by atoms with E-state index < -0.39 is 5.41 Å². The molecule has 0 saturated carbocycles. The molecule has 1 N–H and O–H groups in total. The van der Waals surface area contributed by atoms with Gasteiger partial charge in [0.25, 0.3) is 0 Å². The summed E-state index contributed by atoms with van der Waals surface area (Å²) in [7, 11) is 5.47. The van der Waals surface area contributed by atoms with Crippen molar-refractivity contribution in [2.75, 3.05) is 34.3 Å². The summed E-state index contributed by atoms with van der Waals surface area (Å²) in [6, 6.07) is 0. The number of esters is 1. The van der Waals surface area contributed by atoms with Gasteiger partial charge in [0.1, 0.15) is 6.61 Å². The van der Waals surface area contributed by atoms with Gasteiger partial charge in [0.2, 0.25) is 5.91 Å². The lowest BCUT2D eigenvalue weighted by Gasteiger charge is -2.28. The van der Waals surface area contributed by atoms with Gasteiger partial charge in [-0.1, -0.05) is 13.8 Å². The Hall–Kier alpha value is -1.10. The van der Waals surface area contributed by atoms with Crippen molar-refractivity contribution in [2.24, 2.45) is 11.3 Å². The van der Waals surface area contributed by atoms with Gasteiger partial charge in [-0.2, -0.15) is 0 Å². The van der Waals surface area contributed by atoms with E-state index in [-0.39, 0.29) is 17.8 Å². The number of hydrogen-bond donors (Lipinski definition) is 1. The van der Waals surface area contributed by atoms with Gasteiger partial charge >= 0.3 is 5.97 Å². The van der Waals surface area contributed by atoms with E-state index in [1.807, 2.05) is 39.8 Å². The molecule has 2 atom stereocenters. The third-order valence-electron chi connectivity index (χ3n) is 3.50. The number of carbonyl (C=O) groups is 2. The Morgan fingerprint density at radius 3 is 2.37 bits per heavy atom. The summed E-state index contributed by atoms with van der Waals surface area (Å²) in [5.74, 6) is -0.454. The monoisotopic (exact) mass is 272 g/mol. The Bertz CT molecular complexity index is 305. The van der Waals surface area contributed by atoms with E-state index in [1.165, 1.54) is 0 Å². The minimum absolute atomic E-state index is 0.0410. The van der Waals surface area contributed by atoms with Crippen LogP contribution in [0.2, 0.25) is 0 Å². The molecule has 0 rings (SSSR count). The maximum Gasteiger partial charge on any atom is 0.311 e. The summed E-state index contributed by atoms with van der Waals surface area (Å²) in [5.41, 5.74) is -0.599. The number of ether oxygens (including phenoxy) is 1. The first-order valence-corrected chi connectivity index (χ1v) is 6.80. The molecule has 0 saturated heterocycles. The highest BCUT2D eigenvalue weighted by Gasteiger charge is 2.36. The third-order valence-corrected chi connectivity index (χ3v) is 3.50. The number of amides is 1. The smallest absolute Gasteiger partial charge is 0.311 e. The Kier molecular flexibility index (Phi) is 7.68. The summed E-state index contributed by atoms with van der Waals surface area (Å²) in [5, 5.41) is 2.61. The van der Waals surface area contributed by atoms with Crippen molar-refractivity contribution in [1.29, 1.82) is 0 Å². The van der Waals surface area contributed by atoms with Crippen LogP contribution in [-0.4, -0.2) is 51.1 Å². The standard InChI is InChI=1S/C14H28N2O3/c1-7-14(3,10-11(2)12(17)15-4)13(18)19-9-8-16(5)6/h11H,7-10H2,1-6H3,(H,15,17). The number of nitrogens with zero attached hydrogens (tertiary/aromatic N) is 1. The zero-order valence-corrected chi connectivity index (χ0v) is 13.1. The first kappa shape index (κ1) is 17.9. The van der Waals surface area contributed by atoms with E-state index >= 15 is 0 Å². The summed E-state index contributed by atoms with van der Waals surface area (Å²) in [6.45, 7) is 6.74. The molecule has 0 spiro atoms. The highest BCUT2D eigenvalue weighted by molar-refractivity contribution is 5.81. The maximum absolute atomic E-state index is 12.2. The second-order valence-electron chi connectivity index (χ2n) is 5.57. The van der Waals surface area contributed by atoms with E-state index in [0.29, 0.717) is 26.0 Å². The van der Waals surface area contributed by atoms with Gasteiger partial charge in [-0.3, -0.25) is 9.59 Å². The van der Waals surface area contributed by atoms with Crippen LogP contribution in [0, 0.1) is 11.3 Å². The molecule has 5 nitrogen and oxygen atoms in total. The predicted molar refractivity (Wildman–Crippen MR) is 75.8 cm³/mol. The second-order valence-corrected chi connectivity index (χ2v) is 5.57. The van der Waals surface area contributed by atoms with Crippen molar-refractivity contribution in [3.8, 4) is 0 Å². The quantitative estimate of drug-likeness (QED) is 0.676. The Balaban J connectivity index is 4.49. The Morgan fingerprint density at radius 2 is 1.95 bits per heavy atom. The van der Waals surface area contributed by atoms with Gasteiger partial charge in [-0.25, -0.2) is 0 Å². The lowest BCUT2D eigenvalue weighted by atomic mass is 9.79. The molecule has 0 radical (unpaired) electrons. The van der Waals surface area contributed by atoms with Crippen LogP contribution in [-0.2, 0) is 14.3 Å². The third kappa shape index (κ3) is 6.05. The maximum atomic E-state index is 12.2. The fourth-order valence-electron chi connectivity index (χ4n) is 1.88. The van der Waals surface area contributed by atoms with E-state index in [9.17, 15) is 9.59 Å². The summed E-state index contributed by atoms with van der Waals surface area (Å²) in [4.78, 5) is 25.7. The molecule has 0 heterocycles. The summed E-state index contributed by atoms with van der Waals surface area (Å²) in [6.07, 6.45) is 1.17. The number of likely N-dealkylation sites (N-methyl/N-ethyl adjacent to an activating group) is 1. The summed E-state index contributed by atoms with van der Waals surface area (Å²) < 4.78 is 5.31. The van der Waals surface area contributed by atoms with E-state index in [4.69, 9.17) is 4.74 Å².